The minimum absolute atomic E-state index is 0.890. The molecule has 0 amide bonds. The summed E-state index contributed by atoms with van der Waals surface area (Å²) in [5.74, 6) is 1.81. The van der Waals surface area contributed by atoms with Crippen molar-refractivity contribution in [2.45, 2.75) is 0 Å². The van der Waals surface area contributed by atoms with Crippen LogP contribution in [0.1, 0.15) is 0 Å². The van der Waals surface area contributed by atoms with E-state index in [-0.39, 0.29) is 0 Å². The van der Waals surface area contributed by atoms with Crippen LogP contribution < -0.4 is 4.74 Å². The first kappa shape index (κ1) is 15.8. The molecule has 2 nitrogen and oxygen atoms in total. The molecule has 5 aromatic carbocycles. The molecule has 0 atom stereocenters. The highest BCUT2D eigenvalue weighted by atomic mass is 16.5. The molecule has 1 aliphatic heterocycles. The lowest BCUT2D eigenvalue weighted by Crippen LogP contribution is -1.97. The van der Waals surface area contributed by atoms with Gasteiger partial charge in [-0.2, -0.15) is 0 Å². The van der Waals surface area contributed by atoms with E-state index in [0.29, 0.717) is 0 Å². The summed E-state index contributed by atoms with van der Waals surface area (Å²) in [5.41, 5.74) is 6.39. The number of hydrogen-bond acceptors (Lipinski definition) is 2. The Kier molecular flexibility index (Phi) is 3.03. The minimum atomic E-state index is 0.890. The Morgan fingerprint density at radius 2 is 1.33 bits per heavy atom. The normalized spacial score (nSPS) is 12.3. The van der Waals surface area contributed by atoms with Crippen LogP contribution in [0.3, 0.4) is 0 Å². The van der Waals surface area contributed by atoms with Crippen LogP contribution in [0, 0.1) is 0 Å². The van der Waals surface area contributed by atoms with E-state index in [4.69, 9.17) is 9.15 Å². The van der Waals surface area contributed by atoms with Crippen LogP contribution in [0.4, 0.5) is 0 Å². The van der Waals surface area contributed by atoms with Crippen LogP contribution in [0.5, 0.6) is 11.5 Å². The standard InChI is InChI=1S/C28H16O2/c1-2-12-24-20(8-1)22-11-5-9-19(28(22)30-24)18-14-15-25-23(16-18)21-10-3-6-17-7-4-13-26(29-25)27(17)21/h1-16H. The van der Waals surface area contributed by atoms with Gasteiger partial charge >= 0.3 is 0 Å². The Hall–Kier alpha value is -4.04. The van der Waals surface area contributed by atoms with Gasteiger partial charge in [-0.25, -0.2) is 0 Å². The highest BCUT2D eigenvalue weighted by molar-refractivity contribution is 6.10. The molecule has 0 bridgehead atoms. The van der Waals surface area contributed by atoms with E-state index < -0.39 is 0 Å². The second-order valence-corrected chi connectivity index (χ2v) is 7.75. The Morgan fingerprint density at radius 1 is 0.533 bits per heavy atom. The van der Waals surface area contributed by atoms with Crippen molar-refractivity contribution in [1.29, 1.82) is 0 Å². The Morgan fingerprint density at radius 3 is 2.30 bits per heavy atom. The molecule has 30 heavy (non-hydrogen) atoms. The van der Waals surface area contributed by atoms with Gasteiger partial charge in [-0.15, -0.1) is 0 Å². The average molecular weight is 384 g/mol. The maximum atomic E-state index is 6.26. The molecule has 6 aromatic rings. The molecule has 1 aromatic heterocycles. The summed E-state index contributed by atoms with van der Waals surface area (Å²) in [5, 5.41) is 4.66. The van der Waals surface area contributed by atoms with Crippen LogP contribution in [0.25, 0.3) is 55.0 Å². The Bertz CT molecular complexity index is 1620. The fraction of sp³-hybridized carbons (Fsp3) is 0. The first-order chi connectivity index (χ1) is 14.9. The van der Waals surface area contributed by atoms with Crippen LogP contribution in [-0.2, 0) is 0 Å². The van der Waals surface area contributed by atoms with Gasteiger partial charge in [0.05, 0.1) is 0 Å². The van der Waals surface area contributed by atoms with Crippen LogP contribution in [-0.4, -0.2) is 0 Å². The van der Waals surface area contributed by atoms with Gasteiger partial charge < -0.3 is 9.15 Å². The summed E-state index contributed by atoms with van der Waals surface area (Å²) in [6.07, 6.45) is 0. The summed E-state index contributed by atoms with van der Waals surface area (Å²) in [7, 11) is 0. The lowest BCUT2D eigenvalue weighted by Gasteiger charge is -2.22. The number of benzene rings is 5. The third-order valence-corrected chi connectivity index (χ3v) is 6.07. The average Bonchev–Trinajstić information content (AvgIpc) is 3.18. The quantitative estimate of drug-likeness (QED) is 0.285. The molecule has 2 heteroatoms. The van der Waals surface area contributed by atoms with Crippen molar-refractivity contribution in [2.24, 2.45) is 0 Å². The van der Waals surface area contributed by atoms with E-state index in [0.717, 1.165) is 50.1 Å². The molecule has 0 saturated carbocycles. The van der Waals surface area contributed by atoms with Crippen LogP contribution in [0.2, 0.25) is 0 Å². The molecule has 140 valence electrons. The molecule has 2 heterocycles. The van der Waals surface area contributed by atoms with Crippen LogP contribution >= 0.6 is 0 Å². The summed E-state index contributed by atoms with van der Waals surface area (Å²) in [4.78, 5) is 0. The number of para-hydroxylation sites is 2. The van der Waals surface area contributed by atoms with Gasteiger partial charge in [0.2, 0.25) is 0 Å². The molecule has 0 saturated heterocycles. The lowest BCUT2D eigenvalue weighted by atomic mass is 9.92. The van der Waals surface area contributed by atoms with E-state index in [1.165, 1.54) is 16.3 Å². The van der Waals surface area contributed by atoms with E-state index in [1.54, 1.807) is 0 Å². The molecule has 0 aliphatic carbocycles. The van der Waals surface area contributed by atoms with Gasteiger partial charge in [0.1, 0.15) is 22.7 Å². The molecule has 0 unspecified atom stereocenters. The van der Waals surface area contributed by atoms with Gasteiger partial charge in [-0.3, -0.25) is 0 Å². The van der Waals surface area contributed by atoms with Crippen molar-refractivity contribution in [3.63, 3.8) is 0 Å². The number of fused-ring (bicyclic) bond motifs is 5. The zero-order chi connectivity index (χ0) is 19.7. The van der Waals surface area contributed by atoms with Crippen molar-refractivity contribution in [1.82, 2.24) is 0 Å². The number of rotatable bonds is 1. The van der Waals surface area contributed by atoms with E-state index >= 15 is 0 Å². The van der Waals surface area contributed by atoms with Crippen molar-refractivity contribution in [3.8, 4) is 33.8 Å². The zero-order valence-corrected chi connectivity index (χ0v) is 16.1. The highest BCUT2D eigenvalue weighted by Crippen LogP contribution is 2.48. The monoisotopic (exact) mass is 384 g/mol. The first-order valence-corrected chi connectivity index (χ1v) is 10.1. The van der Waals surface area contributed by atoms with Crippen molar-refractivity contribution in [2.75, 3.05) is 0 Å². The number of hydrogen-bond donors (Lipinski definition) is 0. The predicted octanol–water partition coefficient (Wildman–Crippen LogP) is 8.18. The van der Waals surface area contributed by atoms with Gasteiger partial charge in [0, 0.05) is 27.3 Å². The lowest BCUT2D eigenvalue weighted by molar-refractivity contribution is 0.487. The molecule has 1 aliphatic rings. The molecular formula is C28H16O2. The second-order valence-electron chi connectivity index (χ2n) is 7.75. The molecule has 0 N–H and O–H groups in total. The molecule has 0 spiro atoms. The molecule has 0 fully saturated rings. The predicted molar refractivity (Wildman–Crippen MR) is 122 cm³/mol. The molecule has 0 radical (unpaired) electrons. The number of furan rings is 1. The van der Waals surface area contributed by atoms with Gasteiger partial charge in [-0.1, -0.05) is 72.8 Å². The first-order valence-electron chi connectivity index (χ1n) is 10.1. The molecular weight excluding hydrogens is 368 g/mol. The Labute approximate surface area is 172 Å². The fourth-order valence-corrected chi connectivity index (χ4v) is 4.71. The highest BCUT2D eigenvalue weighted by Gasteiger charge is 2.21. The third kappa shape index (κ3) is 2.08. The van der Waals surface area contributed by atoms with Gasteiger partial charge in [0.25, 0.3) is 0 Å². The fourth-order valence-electron chi connectivity index (χ4n) is 4.71. The smallest absolute Gasteiger partial charge is 0.143 e. The third-order valence-electron chi connectivity index (χ3n) is 6.07. The largest absolute Gasteiger partial charge is 0.456 e. The Balaban J connectivity index is 1.50. The van der Waals surface area contributed by atoms with Gasteiger partial charge in [-0.05, 0) is 40.8 Å². The second kappa shape index (κ2) is 5.74. The molecule has 7 rings (SSSR count). The van der Waals surface area contributed by atoms with Crippen LogP contribution in [0.15, 0.2) is 101 Å². The summed E-state index contributed by atoms with van der Waals surface area (Å²) in [6.45, 7) is 0. The maximum Gasteiger partial charge on any atom is 0.143 e. The zero-order valence-electron chi connectivity index (χ0n) is 16.1. The van der Waals surface area contributed by atoms with Gasteiger partial charge in [0.15, 0.2) is 0 Å². The summed E-state index contributed by atoms with van der Waals surface area (Å²) in [6, 6.07) is 33.6. The van der Waals surface area contributed by atoms with Crippen molar-refractivity contribution < 1.29 is 9.15 Å². The minimum Gasteiger partial charge on any atom is -0.456 e. The summed E-state index contributed by atoms with van der Waals surface area (Å²) >= 11 is 0. The maximum absolute atomic E-state index is 6.26. The van der Waals surface area contributed by atoms with E-state index in [1.807, 2.05) is 24.3 Å². The SMILES string of the molecule is c1cc2c3c(cccc3c1)-c1cc(-c3cccc4c3oc3ccccc34)ccc1O2. The topological polar surface area (TPSA) is 22.4 Å². The summed E-state index contributed by atoms with van der Waals surface area (Å²) < 4.78 is 12.5. The van der Waals surface area contributed by atoms with Crippen molar-refractivity contribution >= 4 is 32.7 Å². The number of ether oxygens (including phenoxy) is 1. The van der Waals surface area contributed by atoms with E-state index in [2.05, 4.69) is 72.8 Å². The van der Waals surface area contributed by atoms with Crippen molar-refractivity contribution in [3.05, 3.63) is 97.1 Å². The van der Waals surface area contributed by atoms with E-state index in [9.17, 15) is 0 Å².